The molecule has 3 aromatic rings. The molecule has 1 aromatic heterocycles. The first-order valence-corrected chi connectivity index (χ1v) is 7.51. The predicted octanol–water partition coefficient (Wildman–Crippen LogP) is 3.38. The molecule has 1 aliphatic heterocycles. The van der Waals surface area contributed by atoms with E-state index in [1.54, 1.807) is 0 Å². The van der Waals surface area contributed by atoms with Gasteiger partial charge in [-0.25, -0.2) is 9.69 Å². The number of carboxylic acid groups (broad SMARTS) is 1. The molecule has 0 bridgehead atoms. The van der Waals surface area contributed by atoms with Crippen LogP contribution in [0.2, 0.25) is 0 Å². The molecule has 0 fully saturated rings. The first-order valence-electron chi connectivity index (χ1n) is 7.51. The van der Waals surface area contributed by atoms with Gasteiger partial charge in [0, 0.05) is 5.39 Å². The summed E-state index contributed by atoms with van der Waals surface area (Å²) in [6, 6.07) is 8.16. The Morgan fingerprint density at radius 3 is 2.11 bits per heavy atom. The zero-order valence-electron chi connectivity index (χ0n) is 13.2. The summed E-state index contributed by atoms with van der Waals surface area (Å²) in [5.74, 6) is -2.04. The molecule has 2 amide bonds. The molecule has 136 valence electrons. The Bertz CT molecular complexity index is 1120. The van der Waals surface area contributed by atoms with E-state index in [-0.39, 0.29) is 22.0 Å². The van der Waals surface area contributed by atoms with Crippen LogP contribution in [-0.2, 0) is 6.18 Å². The van der Waals surface area contributed by atoms with E-state index in [1.807, 2.05) is 0 Å². The molecule has 7 nitrogen and oxygen atoms in total. The van der Waals surface area contributed by atoms with Crippen LogP contribution >= 0.6 is 0 Å². The van der Waals surface area contributed by atoms with Crippen molar-refractivity contribution in [2.45, 2.75) is 6.18 Å². The molecule has 0 saturated carbocycles. The van der Waals surface area contributed by atoms with E-state index in [9.17, 15) is 32.7 Å². The van der Waals surface area contributed by atoms with Gasteiger partial charge in [0.2, 0.25) is 0 Å². The molecular weight excluding hydrogens is 367 g/mol. The number of anilines is 1. The van der Waals surface area contributed by atoms with Crippen molar-refractivity contribution in [3.63, 3.8) is 0 Å². The summed E-state index contributed by atoms with van der Waals surface area (Å²) >= 11 is 0. The Balaban J connectivity index is 1.98. The highest BCUT2D eigenvalue weighted by Gasteiger charge is 2.40. The molecule has 0 spiro atoms. The maximum absolute atomic E-state index is 13.1. The Hall–Kier alpha value is -3.69. The molecule has 0 aliphatic carbocycles. The predicted molar refractivity (Wildman–Crippen MR) is 85.7 cm³/mol. The van der Waals surface area contributed by atoms with E-state index >= 15 is 0 Å². The average molecular weight is 375 g/mol. The number of halogens is 3. The van der Waals surface area contributed by atoms with Crippen molar-refractivity contribution in [2.24, 2.45) is 0 Å². The highest BCUT2D eigenvalue weighted by atomic mass is 19.4. The maximum atomic E-state index is 13.1. The van der Waals surface area contributed by atoms with E-state index in [4.69, 9.17) is 0 Å². The van der Waals surface area contributed by atoms with Crippen LogP contribution in [0, 0.1) is 0 Å². The second-order valence-electron chi connectivity index (χ2n) is 5.74. The van der Waals surface area contributed by atoms with Gasteiger partial charge in [0.25, 0.3) is 11.8 Å². The molecule has 27 heavy (non-hydrogen) atoms. The molecule has 1 aliphatic rings. The third-order valence-electron chi connectivity index (χ3n) is 4.17. The second kappa shape index (κ2) is 5.40. The zero-order valence-corrected chi connectivity index (χ0v) is 13.2. The SMILES string of the molecule is O=C1c2ccccc2C(=O)N1c1nn(C(=O)O)c2ccc(C(F)(F)F)cc12. The van der Waals surface area contributed by atoms with Crippen LogP contribution in [-0.4, -0.2) is 32.8 Å². The van der Waals surface area contributed by atoms with Gasteiger partial charge in [-0.3, -0.25) is 9.59 Å². The topological polar surface area (TPSA) is 92.5 Å². The lowest BCUT2D eigenvalue weighted by molar-refractivity contribution is -0.137. The average Bonchev–Trinajstić information content (AvgIpc) is 3.10. The standard InChI is InChI=1S/C17H8F3N3O4/c18-17(19,20)8-5-6-12-11(7-8)13(21-23(12)16(26)27)22-14(24)9-3-1-2-4-10(9)15(22)25/h1-7H,(H,26,27). The number of rotatable bonds is 1. The normalized spacial score (nSPS) is 14.1. The van der Waals surface area contributed by atoms with Crippen LogP contribution in [0.5, 0.6) is 0 Å². The van der Waals surface area contributed by atoms with Gasteiger partial charge in [-0.15, -0.1) is 5.10 Å². The van der Waals surface area contributed by atoms with Crippen molar-refractivity contribution in [3.8, 4) is 0 Å². The fourth-order valence-corrected chi connectivity index (χ4v) is 2.97. The summed E-state index contributed by atoms with van der Waals surface area (Å²) in [4.78, 5) is 37.2. The van der Waals surface area contributed by atoms with Crippen LogP contribution in [0.15, 0.2) is 42.5 Å². The van der Waals surface area contributed by atoms with Gasteiger partial charge in [-0.05, 0) is 30.3 Å². The lowest BCUT2D eigenvalue weighted by Gasteiger charge is -2.11. The minimum Gasteiger partial charge on any atom is -0.463 e. The van der Waals surface area contributed by atoms with Gasteiger partial charge in [0.05, 0.1) is 22.2 Å². The van der Waals surface area contributed by atoms with Gasteiger partial charge in [-0.2, -0.15) is 17.9 Å². The van der Waals surface area contributed by atoms with Crippen molar-refractivity contribution in [2.75, 3.05) is 4.90 Å². The minimum absolute atomic E-state index is 0.0625. The molecular formula is C17H8F3N3O4. The fraction of sp³-hybridized carbons (Fsp3) is 0.0588. The Labute approximate surface area is 148 Å². The number of hydrogen-bond donors (Lipinski definition) is 1. The molecule has 0 unspecified atom stereocenters. The van der Waals surface area contributed by atoms with Gasteiger partial charge < -0.3 is 5.11 Å². The third kappa shape index (κ3) is 2.37. The van der Waals surface area contributed by atoms with Crippen molar-refractivity contribution in [3.05, 3.63) is 59.2 Å². The van der Waals surface area contributed by atoms with E-state index in [2.05, 4.69) is 5.10 Å². The molecule has 1 N–H and O–H groups in total. The fourth-order valence-electron chi connectivity index (χ4n) is 2.97. The van der Waals surface area contributed by atoms with Crippen LogP contribution in [0.3, 0.4) is 0 Å². The number of carbonyl (C=O) groups is 3. The Morgan fingerprint density at radius 1 is 1.00 bits per heavy atom. The quantitative estimate of drug-likeness (QED) is 0.659. The largest absolute Gasteiger partial charge is 0.463 e. The highest BCUT2D eigenvalue weighted by Crippen LogP contribution is 2.37. The monoisotopic (exact) mass is 375 g/mol. The molecule has 0 radical (unpaired) electrons. The number of imide groups is 1. The van der Waals surface area contributed by atoms with Crippen molar-refractivity contribution < 1.29 is 32.7 Å². The molecule has 2 aromatic carbocycles. The van der Waals surface area contributed by atoms with Gasteiger partial charge in [-0.1, -0.05) is 12.1 Å². The lowest BCUT2D eigenvalue weighted by Crippen LogP contribution is -2.30. The summed E-state index contributed by atoms with van der Waals surface area (Å²) in [6.07, 6.45) is -6.26. The van der Waals surface area contributed by atoms with Gasteiger partial charge >= 0.3 is 12.3 Å². The summed E-state index contributed by atoms with van der Waals surface area (Å²) < 4.78 is 39.6. The van der Waals surface area contributed by atoms with Crippen molar-refractivity contribution in [1.29, 1.82) is 0 Å². The molecule has 4 rings (SSSR count). The van der Waals surface area contributed by atoms with Crippen LogP contribution in [0.1, 0.15) is 26.3 Å². The number of hydrogen-bond acceptors (Lipinski definition) is 4. The number of fused-ring (bicyclic) bond motifs is 2. The van der Waals surface area contributed by atoms with Crippen LogP contribution in [0.4, 0.5) is 23.8 Å². The smallest absolute Gasteiger partial charge is 0.432 e. The van der Waals surface area contributed by atoms with Gasteiger partial charge in [0.1, 0.15) is 0 Å². The second-order valence-corrected chi connectivity index (χ2v) is 5.74. The Morgan fingerprint density at radius 2 is 1.59 bits per heavy atom. The number of aromatic nitrogens is 2. The number of benzene rings is 2. The first kappa shape index (κ1) is 16.8. The molecule has 2 heterocycles. The van der Waals surface area contributed by atoms with E-state index < -0.39 is 35.5 Å². The third-order valence-corrected chi connectivity index (χ3v) is 4.17. The maximum Gasteiger partial charge on any atom is 0.432 e. The summed E-state index contributed by atoms with van der Waals surface area (Å²) in [6.45, 7) is 0. The number of carbonyl (C=O) groups excluding carboxylic acids is 2. The number of amides is 2. The van der Waals surface area contributed by atoms with E-state index in [0.29, 0.717) is 21.7 Å². The van der Waals surface area contributed by atoms with Gasteiger partial charge in [0.15, 0.2) is 5.82 Å². The summed E-state index contributed by atoms with van der Waals surface area (Å²) in [5.41, 5.74) is -1.11. The number of alkyl halides is 3. The molecule has 0 saturated heterocycles. The minimum atomic E-state index is -4.70. The van der Waals surface area contributed by atoms with E-state index in [0.717, 1.165) is 6.07 Å². The highest BCUT2D eigenvalue weighted by molar-refractivity contribution is 6.35. The van der Waals surface area contributed by atoms with Crippen molar-refractivity contribution in [1.82, 2.24) is 9.78 Å². The molecule has 0 atom stereocenters. The van der Waals surface area contributed by atoms with E-state index in [1.165, 1.54) is 24.3 Å². The van der Waals surface area contributed by atoms with Crippen LogP contribution in [0.25, 0.3) is 10.9 Å². The number of nitrogens with zero attached hydrogens (tertiary/aromatic N) is 3. The summed E-state index contributed by atoms with van der Waals surface area (Å²) in [5, 5.41) is 12.7. The first-order chi connectivity index (χ1) is 12.7. The lowest BCUT2D eigenvalue weighted by atomic mass is 10.1. The van der Waals surface area contributed by atoms with Crippen LogP contribution < -0.4 is 4.90 Å². The molecule has 10 heteroatoms. The van der Waals surface area contributed by atoms with Crippen molar-refractivity contribution >= 4 is 34.6 Å². The summed E-state index contributed by atoms with van der Waals surface area (Å²) in [7, 11) is 0. The Kier molecular flexibility index (Phi) is 3.35. The zero-order chi connectivity index (χ0) is 19.5.